The number of amides is 1. The van der Waals surface area contributed by atoms with Crippen molar-refractivity contribution in [3.05, 3.63) is 10.1 Å². The molecule has 3 rings (SSSR count). The number of likely N-dealkylation sites (tertiary alicyclic amines) is 1. The van der Waals surface area contributed by atoms with E-state index in [9.17, 15) is 20.0 Å². The van der Waals surface area contributed by atoms with Gasteiger partial charge in [0.2, 0.25) is 6.04 Å². The number of azo groups is 1. The molecule has 3 fully saturated rings. The summed E-state index contributed by atoms with van der Waals surface area (Å²) < 4.78 is 0. The summed E-state index contributed by atoms with van der Waals surface area (Å²) in [5.41, 5.74) is 0. The number of rotatable bonds is 3. The van der Waals surface area contributed by atoms with Gasteiger partial charge in [0.25, 0.3) is 5.91 Å². The van der Waals surface area contributed by atoms with E-state index in [0.717, 1.165) is 38.5 Å². The fourth-order valence-electron chi connectivity index (χ4n) is 4.49. The molecule has 1 heterocycles. The first-order valence-corrected chi connectivity index (χ1v) is 8.97. The first-order chi connectivity index (χ1) is 11.5. The standard InChI is InChI=1S/C16H26N4O4/c1-19-13-8-3-2-7-12(13)15(21)14(16(19)22)18-17-10-5-4-6-11(9-10)20(23)24/h10-15,21H,2-9H2,1H3/t10-,11+,12-,13-,14-,15-/m1/s1. The minimum absolute atomic E-state index is 0.0586. The number of carbonyl (C=O) groups excluding carboxylic acids is 1. The Kier molecular flexibility index (Phi) is 5.12. The molecule has 1 saturated heterocycles. The van der Waals surface area contributed by atoms with Gasteiger partial charge in [0.05, 0.1) is 12.1 Å². The van der Waals surface area contributed by atoms with Gasteiger partial charge >= 0.3 is 0 Å². The van der Waals surface area contributed by atoms with Crippen LogP contribution in [0.1, 0.15) is 51.4 Å². The molecule has 0 aromatic rings. The van der Waals surface area contributed by atoms with E-state index in [-0.39, 0.29) is 28.8 Å². The van der Waals surface area contributed by atoms with Gasteiger partial charge in [-0.1, -0.05) is 12.8 Å². The second-order valence-electron chi connectivity index (χ2n) is 7.39. The smallest absolute Gasteiger partial charge is 0.252 e. The minimum Gasteiger partial charge on any atom is -0.390 e. The second-order valence-corrected chi connectivity index (χ2v) is 7.39. The molecule has 1 amide bonds. The summed E-state index contributed by atoms with van der Waals surface area (Å²) in [6.45, 7) is 0. The molecule has 1 N–H and O–H groups in total. The SMILES string of the molecule is CN1C(=O)[C@H](N=N[C@@H]2CCC[C@H]([N+](=O)[O-])C2)[C@H](O)[C@@H]2CCCC[C@H]21. The summed E-state index contributed by atoms with van der Waals surface area (Å²) in [7, 11) is 1.78. The van der Waals surface area contributed by atoms with Crippen LogP contribution in [0.4, 0.5) is 0 Å². The van der Waals surface area contributed by atoms with E-state index in [1.54, 1.807) is 11.9 Å². The van der Waals surface area contributed by atoms with Crippen LogP contribution in [0.15, 0.2) is 10.2 Å². The van der Waals surface area contributed by atoms with Crippen molar-refractivity contribution in [3.63, 3.8) is 0 Å². The predicted octanol–water partition coefficient (Wildman–Crippen LogP) is 1.79. The molecule has 134 valence electrons. The number of nitrogens with zero attached hydrogens (tertiary/aromatic N) is 4. The third kappa shape index (κ3) is 3.29. The molecule has 6 atom stereocenters. The van der Waals surface area contributed by atoms with Crippen LogP contribution in [0.25, 0.3) is 0 Å². The molecule has 2 aliphatic carbocycles. The number of carbonyl (C=O) groups is 1. The van der Waals surface area contributed by atoms with E-state index in [4.69, 9.17) is 0 Å². The number of hydrogen-bond donors (Lipinski definition) is 1. The fraction of sp³-hybridized carbons (Fsp3) is 0.938. The van der Waals surface area contributed by atoms with Gasteiger partial charge < -0.3 is 10.0 Å². The molecule has 8 nitrogen and oxygen atoms in total. The minimum atomic E-state index is -0.856. The number of nitro groups is 1. The third-order valence-electron chi connectivity index (χ3n) is 5.91. The summed E-state index contributed by atoms with van der Waals surface area (Å²) in [6.07, 6.45) is 5.65. The molecule has 1 aliphatic heterocycles. The number of aliphatic hydroxyl groups excluding tert-OH is 1. The Hall–Kier alpha value is -1.57. The average molecular weight is 338 g/mol. The van der Waals surface area contributed by atoms with Crippen molar-refractivity contribution in [3.8, 4) is 0 Å². The van der Waals surface area contributed by atoms with Crippen molar-refractivity contribution in [2.24, 2.45) is 16.1 Å². The highest BCUT2D eigenvalue weighted by Crippen LogP contribution is 2.36. The zero-order chi connectivity index (χ0) is 17.3. The van der Waals surface area contributed by atoms with E-state index < -0.39 is 18.2 Å². The van der Waals surface area contributed by atoms with Crippen molar-refractivity contribution in [2.75, 3.05) is 7.05 Å². The molecule has 0 unspecified atom stereocenters. The second kappa shape index (κ2) is 7.13. The average Bonchev–Trinajstić information content (AvgIpc) is 2.60. The molecule has 3 aliphatic rings. The summed E-state index contributed by atoms with van der Waals surface area (Å²) >= 11 is 0. The summed E-state index contributed by atoms with van der Waals surface area (Å²) in [5.74, 6) is -0.126. The molecular formula is C16H26N4O4. The number of piperidine rings is 1. The monoisotopic (exact) mass is 338 g/mol. The normalized spacial score (nSPS) is 40.6. The molecule has 0 bridgehead atoms. The summed E-state index contributed by atoms with van der Waals surface area (Å²) in [5, 5.41) is 29.9. The largest absolute Gasteiger partial charge is 0.390 e. The highest BCUT2D eigenvalue weighted by Gasteiger charge is 2.47. The van der Waals surface area contributed by atoms with E-state index in [1.165, 1.54) is 0 Å². The van der Waals surface area contributed by atoms with Crippen LogP contribution >= 0.6 is 0 Å². The van der Waals surface area contributed by atoms with Gasteiger partial charge in [-0.2, -0.15) is 10.2 Å². The maximum absolute atomic E-state index is 12.5. The first-order valence-electron chi connectivity index (χ1n) is 8.97. The molecule has 0 aromatic carbocycles. The van der Waals surface area contributed by atoms with Gasteiger partial charge in [0, 0.05) is 36.8 Å². The number of fused-ring (bicyclic) bond motifs is 1. The van der Waals surface area contributed by atoms with Crippen molar-refractivity contribution in [1.29, 1.82) is 0 Å². The maximum Gasteiger partial charge on any atom is 0.252 e. The van der Waals surface area contributed by atoms with Crippen LogP contribution in [0.5, 0.6) is 0 Å². The Labute approximate surface area is 141 Å². The molecule has 8 heteroatoms. The van der Waals surface area contributed by atoms with Crippen LogP contribution in [0, 0.1) is 16.0 Å². The predicted molar refractivity (Wildman–Crippen MR) is 86.2 cm³/mol. The lowest BCUT2D eigenvalue weighted by molar-refractivity contribution is -0.526. The Bertz CT molecular complexity index is 526. The van der Waals surface area contributed by atoms with Gasteiger partial charge in [0.1, 0.15) is 0 Å². The quantitative estimate of drug-likeness (QED) is 0.480. The Morgan fingerprint density at radius 1 is 1.17 bits per heavy atom. The van der Waals surface area contributed by atoms with Crippen molar-refractivity contribution in [2.45, 2.75) is 81.6 Å². The van der Waals surface area contributed by atoms with E-state index in [1.807, 2.05) is 0 Å². The van der Waals surface area contributed by atoms with Gasteiger partial charge in [-0.25, -0.2) is 0 Å². The molecule has 2 saturated carbocycles. The van der Waals surface area contributed by atoms with Crippen molar-refractivity contribution >= 4 is 5.91 Å². The molecule has 0 radical (unpaired) electrons. The van der Waals surface area contributed by atoms with E-state index in [2.05, 4.69) is 10.2 Å². The highest BCUT2D eigenvalue weighted by molar-refractivity contribution is 5.83. The lowest BCUT2D eigenvalue weighted by Gasteiger charge is -2.46. The summed E-state index contributed by atoms with van der Waals surface area (Å²) in [4.78, 5) is 25.0. The first kappa shape index (κ1) is 17.3. The van der Waals surface area contributed by atoms with Crippen LogP contribution in [-0.2, 0) is 4.79 Å². The third-order valence-corrected chi connectivity index (χ3v) is 5.91. The van der Waals surface area contributed by atoms with Gasteiger partial charge in [-0.05, 0) is 25.7 Å². The van der Waals surface area contributed by atoms with Crippen LogP contribution in [-0.4, -0.2) is 58.2 Å². The molecule has 24 heavy (non-hydrogen) atoms. The van der Waals surface area contributed by atoms with Gasteiger partial charge in [0.15, 0.2) is 6.04 Å². The lowest BCUT2D eigenvalue weighted by atomic mass is 9.75. The van der Waals surface area contributed by atoms with Crippen LogP contribution in [0.2, 0.25) is 0 Å². The van der Waals surface area contributed by atoms with E-state index >= 15 is 0 Å². The lowest BCUT2D eigenvalue weighted by Crippen LogP contribution is -2.60. The molecule has 0 spiro atoms. The summed E-state index contributed by atoms with van der Waals surface area (Å²) in [6, 6.07) is -1.55. The fourth-order valence-corrected chi connectivity index (χ4v) is 4.49. The van der Waals surface area contributed by atoms with Crippen molar-refractivity contribution < 1.29 is 14.8 Å². The molecular weight excluding hydrogens is 312 g/mol. The van der Waals surface area contributed by atoms with Crippen LogP contribution in [0.3, 0.4) is 0 Å². The Morgan fingerprint density at radius 3 is 2.67 bits per heavy atom. The zero-order valence-corrected chi connectivity index (χ0v) is 14.1. The van der Waals surface area contributed by atoms with Crippen LogP contribution < -0.4 is 0 Å². The molecule has 0 aromatic heterocycles. The zero-order valence-electron chi connectivity index (χ0n) is 14.1. The van der Waals surface area contributed by atoms with Gasteiger partial charge in [-0.15, -0.1) is 0 Å². The Balaban J connectivity index is 1.69. The maximum atomic E-state index is 12.5. The van der Waals surface area contributed by atoms with Gasteiger partial charge in [-0.3, -0.25) is 14.9 Å². The van der Waals surface area contributed by atoms with Crippen molar-refractivity contribution in [1.82, 2.24) is 4.90 Å². The number of aliphatic hydroxyl groups is 1. The number of likely N-dealkylation sites (N-methyl/N-ethyl adjacent to an activating group) is 1. The number of hydrogen-bond acceptors (Lipinski definition) is 6. The topological polar surface area (TPSA) is 108 Å². The van der Waals surface area contributed by atoms with E-state index in [0.29, 0.717) is 12.8 Å². The highest BCUT2D eigenvalue weighted by atomic mass is 16.6. The Morgan fingerprint density at radius 2 is 1.92 bits per heavy atom.